The Morgan fingerprint density at radius 2 is 1.88 bits per heavy atom. The van der Waals surface area contributed by atoms with E-state index in [1.807, 2.05) is 19.1 Å². The van der Waals surface area contributed by atoms with E-state index in [2.05, 4.69) is 63.8 Å². The molecule has 0 bridgehead atoms. The highest BCUT2D eigenvalue weighted by atomic mass is 79.9. The second-order valence-electron chi connectivity index (χ2n) is 7.77. The van der Waals surface area contributed by atoms with E-state index in [4.69, 9.17) is 4.74 Å². The van der Waals surface area contributed by atoms with Gasteiger partial charge in [-0.1, -0.05) is 37.3 Å². The van der Waals surface area contributed by atoms with Crippen molar-refractivity contribution in [2.75, 3.05) is 6.61 Å². The largest absolute Gasteiger partial charge is 0.504 e. The number of hydrogen-bond acceptors (Lipinski definition) is 3. The summed E-state index contributed by atoms with van der Waals surface area (Å²) < 4.78 is 19.9. The first-order valence-electron chi connectivity index (χ1n) is 10.8. The average molecular weight is 498 g/mol. The molecule has 0 saturated carbocycles. The van der Waals surface area contributed by atoms with Crippen LogP contribution in [0.2, 0.25) is 0 Å². The van der Waals surface area contributed by atoms with Crippen molar-refractivity contribution in [1.82, 2.24) is 5.32 Å². The van der Waals surface area contributed by atoms with Crippen molar-refractivity contribution in [3.8, 4) is 11.5 Å². The van der Waals surface area contributed by atoms with E-state index < -0.39 is 0 Å². The van der Waals surface area contributed by atoms with Crippen LogP contribution >= 0.6 is 15.9 Å². The molecule has 0 aromatic heterocycles. The highest BCUT2D eigenvalue weighted by Gasteiger charge is 2.30. The molecular formula is C26H27BrFN2O2+. The fourth-order valence-electron chi connectivity index (χ4n) is 3.98. The van der Waals surface area contributed by atoms with Gasteiger partial charge in [0.1, 0.15) is 11.9 Å². The van der Waals surface area contributed by atoms with Gasteiger partial charge in [0.25, 0.3) is 0 Å². The van der Waals surface area contributed by atoms with Crippen LogP contribution in [0.1, 0.15) is 48.3 Å². The Bertz CT molecular complexity index is 1130. The van der Waals surface area contributed by atoms with Gasteiger partial charge in [-0.15, -0.1) is 0 Å². The predicted octanol–water partition coefficient (Wildman–Crippen LogP) is 5.20. The molecule has 1 heterocycles. The van der Waals surface area contributed by atoms with Crippen LogP contribution in [0.15, 0.2) is 71.2 Å². The van der Waals surface area contributed by atoms with Crippen molar-refractivity contribution in [3.63, 3.8) is 0 Å². The van der Waals surface area contributed by atoms with Crippen LogP contribution in [0.5, 0.6) is 11.5 Å². The van der Waals surface area contributed by atoms with E-state index in [9.17, 15) is 9.50 Å². The molecule has 166 valence electrons. The molecule has 3 aromatic carbocycles. The van der Waals surface area contributed by atoms with Crippen molar-refractivity contribution in [1.29, 1.82) is 0 Å². The van der Waals surface area contributed by atoms with Crippen LogP contribution in [0.4, 0.5) is 4.39 Å². The molecule has 32 heavy (non-hydrogen) atoms. The Balaban J connectivity index is 1.76. The molecule has 3 aromatic rings. The lowest BCUT2D eigenvalue weighted by Crippen LogP contribution is -2.89. The Labute approximate surface area is 196 Å². The summed E-state index contributed by atoms with van der Waals surface area (Å²) in [6.07, 6.45) is 2.92. The summed E-state index contributed by atoms with van der Waals surface area (Å²) in [5.41, 5.74) is 5.00. The number of ether oxygens (including phenoxy) is 1. The Morgan fingerprint density at radius 1 is 1.09 bits per heavy atom. The third-order valence-corrected chi connectivity index (χ3v) is 6.33. The predicted molar refractivity (Wildman–Crippen MR) is 128 cm³/mol. The van der Waals surface area contributed by atoms with Crippen molar-refractivity contribution in [3.05, 3.63) is 99.3 Å². The van der Waals surface area contributed by atoms with Crippen molar-refractivity contribution in [2.45, 2.75) is 32.5 Å². The maximum Gasteiger partial charge on any atom is 0.186 e. The molecule has 4 nitrogen and oxygen atoms in total. The number of rotatable bonds is 6. The van der Waals surface area contributed by atoms with E-state index in [1.54, 1.807) is 18.2 Å². The molecule has 0 aliphatic carbocycles. The fraction of sp³-hybridized carbons (Fsp3) is 0.231. The van der Waals surface area contributed by atoms with Gasteiger partial charge in [0.05, 0.1) is 16.6 Å². The van der Waals surface area contributed by atoms with Gasteiger partial charge in [-0.05, 0) is 70.7 Å². The summed E-state index contributed by atoms with van der Waals surface area (Å²) in [5, 5.41) is 16.6. The van der Waals surface area contributed by atoms with Crippen LogP contribution in [-0.4, -0.2) is 11.7 Å². The van der Waals surface area contributed by atoms with Crippen LogP contribution < -0.4 is 15.4 Å². The minimum atomic E-state index is -0.297. The van der Waals surface area contributed by atoms with E-state index in [1.165, 1.54) is 11.6 Å². The Hall–Kier alpha value is -2.83. The fourth-order valence-corrected chi connectivity index (χ4v) is 4.38. The SMILES string of the molecule is CCOc1cccc(C2C=C(c3ccc(CC)cc3)NC(c3ccc(F)c(Br)c3)[NH2+]2)c1O. The summed E-state index contributed by atoms with van der Waals surface area (Å²) in [6, 6.07) is 18.9. The highest BCUT2D eigenvalue weighted by molar-refractivity contribution is 9.10. The van der Waals surface area contributed by atoms with Crippen LogP contribution in [0, 0.1) is 5.82 Å². The lowest BCUT2D eigenvalue weighted by molar-refractivity contribution is -0.731. The zero-order valence-electron chi connectivity index (χ0n) is 18.1. The molecular weight excluding hydrogens is 471 g/mol. The van der Waals surface area contributed by atoms with Crippen molar-refractivity contribution in [2.24, 2.45) is 0 Å². The number of nitrogens with one attached hydrogen (secondary N) is 1. The molecule has 0 spiro atoms. The Morgan fingerprint density at radius 3 is 2.56 bits per heavy atom. The average Bonchev–Trinajstić information content (AvgIpc) is 2.82. The standard InChI is InChI=1S/C26H26BrFN2O2/c1-3-16-8-10-17(11-9-16)22-15-23(19-6-5-7-24(25(19)31)32-4-2)30-26(29-22)18-12-13-21(28)20(27)14-18/h5-15,23,26,29-31H,3-4H2,1-2H3/p+1. The summed E-state index contributed by atoms with van der Waals surface area (Å²) in [5.74, 6) is 0.322. The monoisotopic (exact) mass is 497 g/mol. The van der Waals surface area contributed by atoms with Gasteiger partial charge in [-0.3, -0.25) is 0 Å². The normalized spacial score (nSPS) is 18.1. The third-order valence-electron chi connectivity index (χ3n) is 5.72. The number of para-hydroxylation sites is 1. The van der Waals surface area contributed by atoms with Gasteiger partial charge < -0.3 is 20.5 Å². The van der Waals surface area contributed by atoms with Gasteiger partial charge in [-0.2, -0.15) is 0 Å². The molecule has 1 aliphatic rings. The van der Waals surface area contributed by atoms with Gasteiger partial charge in [0, 0.05) is 17.3 Å². The number of phenols is 1. The maximum atomic E-state index is 13.9. The van der Waals surface area contributed by atoms with Gasteiger partial charge in [0.15, 0.2) is 17.7 Å². The minimum Gasteiger partial charge on any atom is -0.504 e. The molecule has 4 N–H and O–H groups in total. The second kappa shape index (κ2) is 9.76. The van der Waals surface area contributed by atoms with Crippen LogP contribution in [0.25, 0.3) is 5.70 Å². The van der Waals surface area contributed by atoms with Gasteiger partial charge >= 0.3 is 0 Å². The zero-order valence-corrected chi connectivity index (χ0v) is 19.7. The van der Waals surface area contributed by atoms with Crippen LogP contribution in [-0.2, 0) is 6.42 Å². The van der Waals surface area contributed by atoms with E-state index in [-0.39, 0.29) is 23.8 Å². The molecule has 0 fully saturated rings. The number of quaternary nitrogens is 1. The molecule has 6 heteroatoms. The molecule has 4 rings (SSSR count). The quantitative estimate of drug-likeness (QED) is 0.438. The van der Waals surface area contributed by atoms with Gasteiger partial charge in [0.2, 0.25) is 0 Å². The maximum absolute atomic E-state index is 13.9. The van der Waals surface area contributed by atoms with E-state index in [0.717, 1.165) is 28.8 Å². The van der Waals surface area contributed by atoms with Gasteiger partial charge in [-0.25, -0.2) is 4.39 Å². The lowest BCUT2D eigenvalue weighted by atomic mass is 9.97. The number of benzene rings is 3. The number of aromatic hydroxyl groups is 1. The highest BCUT2D eigenvalue weighted by Crippen LogP contribution is 2.35. The first-order chi connectivity index (χ1) is 15.5. The summed E-state index contributed by atoms with van der Waals surface area (Å²) in [4.78, 5) is 0. The smallest absolute Gasteiger partial charge is 0.186 e. The summed E-state index contributed by atoms with van der Waals surface area (Å²) >= 11 is 3.30. The molecule has 2 unspecified atom stereocenters. The molecule has 1 aliphatic heterocycles. The topological polar surface area (TPSA) is 58.1 Å². The Kier molecular flexibility index (Phi) is 6.82. The van der Waals surface area contributed by atoms with E-state index in [0.29, 0.717) is 16.8 Å². The molecule has 0 radical (unpaired) electrons. The van der Waals surface area contributed by atoms with Crippen LogP contribution in [0.3, 0.4) is 0 Å². The van der Waals surface area contributed by atoms with Crippen molar-refractivity contribution < 1.29 is 19.6 Å². The molecule has 0 amide bonds. The molecule has 0 saturated heterocycles. The number of hydrogen-bond donors (Lipinski definition) is 3. The number of aryl methyl sites for hydroxylation is 1. The minimum absolute atomic E-state index is 0.147. The van der Waals surface area contributed by atoms with Crippen molar-refractivity contribution >= 4 is 21.6 Å². The number of phenolic OH excluding ortho intramolecular Hbond substituents is 1. The van der Waals surface area contributed by atoms with E-state index >= 15 is 0 Å². The first kappa shape index (κ1) is 22.4. The summed E-state index contributed by atoms with van der Waals surface area (Å²) in [6.45, 7) is 4.50. The number of nitrogens with two attached hydrogens (primary N) is 1. The second-order valence-corrected chi connectivity index (χ2v) is 8.63. The zero-order chi connectivity index (χ0) is 22.7. The first-order valence-corrected chi connectivity index (χ1v) is 11.6. The summed E-state index contributed by atoms with van der Waals surface area (Å²) in [7, 11) is 0. The third kappa shape index (κ3) is 4.66. The lowest BCUT2D eigenvalue weighted by Gasteiger charge is -2.30. The number of halogens is 2. The molecule has 2 atom stereocenters.